The Kier molecular flexibility index (Phi) is 4.50. The van der Waals surface area contributed by atoms with Gasteiger partial charge in [-0.3, -0.25) is 4.68 Å². The second-order valence-corrected chi connectivity index (χ2v) is 6.11. The number of nitrogens with zero attached hydrogens (tertiary/aromatic N) is 4. The Labute approximate surface area is 130 Å². The number of hydrogen-bond donors (Lipinski definition) is 0. The van der Waals surface area contributed by atoms with Gasteiger partial charge in [0.05, 0.1) is 12.3 Å². The summed E-state index contributed by atoms with van der Waals surface area (Å²) in [5.74, 6) is 2.43. The van der Waals surface area contributed by atoms with E-state index >= 15 is 0 Å². The van der Waals surface area contributed by atoms with Crippen molar-refractivity contribution in [3.05, 3.63) is 11.5 Å². The molecule has 0 amide bonds. The van der Waals surface area contributed by atoms with Crippen LogP contribution in [0.1, 0.15) is 31.3 Å². The van der Waals surface area contributed by atoms with E-state index in [1.807, 2.05) is 11.7 Å². The van der Waals surface area contributed by atoms with E-state index in [1.165, 1.54) is 12.8 Å². The van der Waals surface area contributed by atoms with Crippen molar-refractivity contribution in [2.24, 2.45) is 13.0 Å². The van der Waals surface area contributed by atoms with Crippen molar-refractivity contribution in [2.75, 3.05) is 19.1 Å². The molecule has 0 aliphatic heterocycles. The summed E-state index contributed by atoms with van der Waals surface area (Å²) in [7, 11) is 1.98. The summed E-state index contributed by atoms with van der Waals surface area (Å²) in [6.07, 6.45) is 4.33. The standard InChI is InChI=1S/C15H23ClN4O/c1-3-12-14-15(19(2)18-12)20(13(17-14)6-7-16)8-9-21-10-11-4-5-11/h11H,3-10H2,1-2H3. The van der Waals surface area contributed by atoms with Crippen LogP contribution in [0.25, 0.3) is 11.2 Å². The molecule has 1 saturated carbocycles. The highest BCUT2D eigenvalue weighted by atomic mass is 35.5. The molecule has 1 aliphatic carbocycles. The van der Waals surface area contributed by atoms with Crippen LogP contribution >= 0.6 is 11.6 Å². The molecule has 1 fully saturated rings. The average molecular weight is 311 g/mol. The lowest BCUT2D eigenvalue weighted by atomic mass is 10.3. The van der Waals surface area contributed by atoms with Crippen molar-refractivity contribution in [1.82, 2.24) is 19.3 Å². The first kappa shape index (κ1) is 14.9. The van der Waals surface area contributed by atoms with Gasteiger partial charge in [-0.05, 0) is 25.2 Å². The summed E-state index contributed by atoms with van der Waals surface area (Å²) in [6.45, 7) is 4.55. The van der Waals surface area contributed by atoms with Gasteiger partial charge in [0, 0.05) is 32.5 Å². The van der Waals surface area contributed by atoms with Gasteiger partial charge in [0.1, 0.15) is 11.3 Å². The van der Waals surface area contributed by atoms with Crippen molar-refractivity contribution in [3.8, 4) is 0 Å². The van der Waals surface area contributed by atoms with Crippen LogP contribution in [0.4, 0.5) is 0 Å². The summed E-state index contributed by atoms with van der Waals surface area (Å²) in [6, 6.07) is 0. The van der Waals surface area contributed by atoms with E-state index in [0.717, 1.165) is 61.2 Å². The maximum absolute atomic E-state index is 5.92. The highest BCUT2D eigenvalue weighted by molar-refractivity contribution is 6.17. The van der Waals surface area contributed by atoms with Crippen molar-refractivity contribution in [1.29, 1.82) is 0 Å². The fourth-order valence-corrected chi connectivity index (χ4v) is 2.89. The fraction of sp³-hybridized carbons (Fsp3) is 0.733. The molecule has 2 heterocycles. The quantitative estimate of drug-likeness (QED) is 0.556. The topological polar surface area (TPSA) is 44.9 Å². The summed E-state index contributed by atoms with van der Waals surface area (Å²) >= 11 is 5.92. The number of halogens is 1. The third-order valence-corrected chi connectivity index (χ3v) is 4.22. The number of aryl methyl sites for hydroxylation is 3. The molecule has 0 aromatic carbocycles. The predicted molar refractivity (Wildman–Crippen MR) is 83.8 cm³/mol. The number of hydrogen-bond acceptors (Lipinski definition) is 3. The van der Waals surface area contributed by atoms with Gasteiger partial charge in [0.15, 0.2) is 5.65 Å². The molecule has 0 radical (unpaired) electrons. The molecule has 2 aromatic heterocycles. The monoisotopic (exact) mass is 310 g/mol. The second-order valence-electron chi connectivity index (χ2n) is 5.73. The number of ether oxygens (including phenoxy) is 1. The van der Waals surface area contributed by atoms with Crippen LogP contribution in [0.3, 0.4) is 0 Å². The first-order valence-corrected chi connectivity index (χ1v) is 8.32. The van der Waals surface area contributed by atoms with Crippen molar-refractivity contribution in [3.63, 3.8) is 0 Å². The molecule has 2 aromatic rings. The molecule has 0 saturated heterocycles. The molecule has 0 atom stereocenters. The van der Waals surface area contributed by atoms with E-state index in [-0.39, 0.29) is 0 Å². The minimum Gasteiger partial charge on any atom is -0.379 e. The maximum Gasteiger partial charge on any atom is 0.158 e. The van der Waals surface area contributed by atoms with Gasteiger partial charge in [0.2, 0.25) is 0 Å². The zero-order chi connectivity index (χ0) is 14.8. The van der Waals surface area contributed by atoms with Gasteiger partial charge in [-0.25, -0.2) is 4.98 Å². The minimum atomic E-state index is 0.584. The number of aromatic nitrogens is 4. The molecular weight excluding hydrogens is 288 g/mol. The molecule has 1 aliphatic rings. The molecule has 0 unspecified atom stereocenters. The molecular formula is C15H23ClN4O. The van der Waals surface area contributed by atoms with E-state index in [1.54, 1.807) is 0 Å². The van der Waals surface area contributed by atoms with Gasteiger partial charge in [-0.15, -0.1) is 11.6 Å². The van der Waals surface area contributed by atoms with Crippen LogP contribution in [-0.4, -0.2) is 38.4 Å². The summed E-state index contributed by atoms with van der Waals surface area (Å²) in [4.78, 5) is 4.76. The van der Waals surface area contributed by atoms with E-state index < -0.39 is 0 Å². The van der Waals surface area contributed by atoms with Gasteiger partial charge in [-0.1, -0.05) is 6.92 Å². The molecule has 116 valence electrons. The van der Waals surface area contributed by atoms with E-state index in [0.29, 0.717) is 5.88 Å². The van der Waals surface area contributed by atoms with Crippen LogP contribution in [0.2, 0.25) is 0 Å². The van der Waals surface area contributed by atoms with Crippen LogP contribution in [0, 0.1) is 5.92 Å². The van der Waals surface area contributed by atoms with Gasteiger partial charge < -0.3 is 9.30 Å². The van der Waals surface area contributed by atoms with Crippen LogP contribution in [0.15, 0.2) is 0 Å². The van der Waals surface area contributed by atoms with Gasteiger partial charge in [0.25, 0.3) is 0 Å². The van der Waals surface area contributed by atoms with Gasteiger partial charge in [-0.2, -0.15) is 5.10 Å². The number of rotatable bonds is 8. The first-order chi connectivity index (χ1) is 10.2. The minimum absolute atomic E-state index is 0.584. The number of fused-ring (bicyclic) bond motifs is 1. The molecule has 3 rings (SSSR count). The average Bonchev–Trinajstić information content (AvgIpc) is 3.16. The lowest BCUT2D eigenvalue weighted by Crippen LogP contribution is -2.13. The van der Waals surface area contributed by atoms with Crippen molar-refractivity contribution >= 4 is 22.8 Å². The zero-order valence-electron chi connectivity index (χ0n) is 12.8. The highest BCUT2D eigenvalue weighted by Crippen LogP contribution is 2.28. The van der Waals surface area contributed by atoms with Crippen molar-refractivity contribution < 1.29 is 4.74 Å². The largest absolute Gasteiger partial charge is 0.379 e. The smallest absolute Gasteiger partial charge is 0.158 e. The molecule has 0 bridgehead atoms. The van der Waals surface area contributed by atoms with E-state index in [9.17, 15) is 0 Å². The Hall–Kier alpha value is -1.07. The molecule has 5 nitrogen and oxygen atoms in total. The lowest BCUT2D eigenvalue weighted by Gasteiger charge is -2.09. The lowest BCUT2D eigenvalue weighted by molar-refractivity contribution is 0.117. The maximum atomic E-state index is 5.92. The van der Waals surface area contributed by atoms with Crippen molar-refractivity contribution in [2.45, 2.75) is 39.2 Å². The second kappa shape index (κ2) is 6.36. The molecule has 6 heteroatoms. The summed E-state index contributed by atoms with van der Waals surface area (Å²) in [5, 5.41) is 4.56. The Bertz CT molecular complexity index is 615. The zero-order valence-corrected chi connectivity index (χ0v) is 13.6. The Morgan fingerprint density at radius 3 is 2.86 bits per heavy atom. The van der Waals surface area contributed by atoms with Crippen LogP contribution in [0.5, 0.6) is 0 Å². The highest BCUT2D eigenvalue weighted by Gasteiger charge is 2.21. The summed E-state index contributed by atoms with van der Waals surface area (Å²) in [5.41, 5.74) is 3.16. The summed E-state index contributed by atoms with van der Waals surface area (Å²) < 4.78 is 9.92. The molecule has 21 heavy (non-hydrogen) atoms. The first-order valence-electron chi connectivity index (χ1n) is 7.79. The molecule has 0 spiro atoms. The predicted octanol–water partition coefficient (Wildman–Crippen LogP) is 2.54. The van der Waals surface area contributed by atoms with E-state index in [2.05, 4.69) is 16.6 Å². The SMILES string of the molecule is CCc1nn(C)c2c1nc(CCCl)n2CCOCC1CC1. The third kappa shape index (κ3) is 3.09. The van der Waals surface area contributed by atoms with Crippen LogP contribution < -0.4 is 0 Å². The fourth-order valence-electron chi connectivity index (χ4n) is 2.73. The van der Waals surface area contributed by atoms with E-state index in [4.69, 9.17) is 21.3 Å². The Morgan fingerprint density at radius 1 is 1.38 bits per heavy atom. The van der Waals surface area contributed by atoms with Crippen LogP contribution in [-0.2, 0) is 31.2 Å². The normalized spacial score (nSPS) is 15.2. The number of alkyl halides is 1. The Morgan fingerprint density at radius 2 is 2.19 bits per heavy atom. The molecule has 0 N–H and O–H groups in total. The Balaban J connectivity index is 1.81. The third-order valence-electron chi connectivity index (χ3n) is 4.03. The number of imidazole rings is 1. The van der Waals surface area contributed by atoms with Gasteiger partial charge >= 0.3 is 0 Å².